The zero-order valence-electron chi connectivity index (χ0n) is 27.6. The number of methoxy groups -OCH3 is 2. The molecular weight excluding hydrogens is 669 g/mol. The van der Waals surface area contributed by atoms with Crippen molar-refractivity contribution >= 4 is 57.6 Å². The number of hydrogen-bond acceptors (Lipinski definition) is 8. The molecule has 3 N–H and O–H groups in total. The summed E-state index contributed by atoms with van der Waals surface area (Å²) < 4.78 is 10.7. The van der Waals surface area contributed by atoms with E-state index in [1.807, 2.05) is 48.7 Å². The molecule has 0 saturated carbocycles. The summed E-state index contributed by atoms with van der Waals surface area (Å²) in [6, 6.07) is 32.7. The van der Waals surface area contributed by atoms with Gasteiger partial charge in [0.1, 0.15) is 16.8 Å². The van der Waals surface area contributed by atoms with Crippen molar-refractivity contribution < 1.29 is 23.9 Å². The average molecular weight is 703 g/mol. The van der Waals surface area contributed by atoms with Gasteiger partial charge in [0.25, 0.3) is 11.8 Å². The molecular formula is C39H34N4O5S2. The molecule has 0 saturated heterocycles. The second-order valence-electron chi connectivity index (χ2n) is 10.8. The van der Waals surface area contributed by atoms with Crippen LogP contribution in [0.3, 0.4) is 0 Å². The van der Waals surface area contributed by atoms with Crippen molar-refractivity contribution in [2.45, 2.75) is 23.5 Å². The van der Waals surface area contributed by atoms with Crippen LogP contribution in [0.25, 0.3) is 17.2 Å². The van der Waals surface area contributed by atoms with E-state index in [1.165, 1.54) is 37.3 Å². The molecule has 1 aromatic heterocycles. The zero-order chi connectivity index (χ0) is 35.5. The standard InChI is InChI=1S/C39H34N4O5S2/c1-4-35(38(46)43-39-30(23-40)31(24-49-39)26-12-7-5-8-13-26)50-29-17-11-16-28(22-29)41-37(45)32(42-36(44)27-14-9-6-10-15-27)20-25-18-19-33(47-2)34(21-25)48-3/h5-22,24,35H,4H2,1-3H3,(H,41,45)(H,42,44)(H,43,46)/b32-20+. The van der Waals surface area contributed by atoms with Gasteiger partial charge in [-0.2, -0.15) is 5.26 Å². The summed E-state index contributed by atoms with van der Waals surface area (Å²) in [5.41, 5.74) is 3.58. The number of carbonyl (C=O) groups is 3. The predicted octanol–water partition coefficient (Wildman–Crippen LogP) is 8.22. The van der Waals surface area contributed by atoms with Crippen molar-refractivity contribution in [1.29, 1.82) is 5.26 Å². The van der Waals surface area contributed by atoms with E-state index < -0.39 is 17.1 Å². The second-order valence-corrected chi connectivity index (χ2v) is 13.0. The van der Waals surface area contributed by atoms with E-state index in [0.717, 1.165) is 16.0 Å². The molecule has 0 aliphatic carbocycles. The summed E-state index contributed by atoms with van der Waals surface area (Å²) in [7, 11) is 3.05. The predicted molar refractivity (Wildman–Crippen MR) is 200 cm³/mol. The molecule has 1 atom stereocenters. The molecule has 3 amide bonds. The number of ether oxygens (including phenoxy) is 2. The maximum Gasteiger partial charge on any atom is 0.272 e. The van der Waals surface area contributed by atoms with Crippen LogP contribution in [-0.4, -0.2) is 37.2 Å². The number of rotatable bonds is 13. The lowest BCUT2D eigenvalue weighted by molar-refractivity contribution is -0.116. The number of hydrogen-bond donors (Lipinski definition) is 3. The molecule has 5 rings (SSSR count). The maximum absolute atomic E-state index is 13.7. The minimum absolute atomic E-state index is 0.00839. The van der Waals surface area contributed by atoms with Crippen molar-refractivity contribution in [3.05, 3.63) is 131 Å². The summed E-state index contributed by atoms with van der Waals surface area (Å²) in [5.74, 6) is -0.236. The molecule has 5 aromatic rings. The van der Waals surface area contributed by atoms with Gasteiger partial charge in [-0.25, -0.2) is 0 Å². The third kappa shape index (κ3) is 8.79. The molecule has 9 nitrogen and oxygen atoms in total. The SMILES string of the molecule is CCC(Sc1cccc(NC(=O)/C(=C\c2ccc(OC)c(OC)c2)NC(=O)c2ccccc2)c1)C(=O)Nc1scc(-c2ccccc2)c1C#N. The van der Waals surface area contributed by atoms with E-state index in [0.29, 0.717) is 45.3 Å². The molecule has 0 aliphatic rings. The molecule has 0 aliphatic heterocycles. The number of anilines is 2. The average Bonchev–Trinajstić information content (AvgIpc) is 3.56. The van der Waals surface area contributed by atoms with Crippen molar-refractivity contribution in [1.82, 2.24) is 5.32 Å². The van der Waals surface area contributed by atoms with Gasteiger partial charge in [-0.1, -0.05) is 67.6 Å². The van der Waals surface area contributed by atoms with Crippen LogP contribution < -0.4 is 25.4 Å². The summed E-state index contributed by atoms with van der Waals surface area (Å²) in [4.78, 5) is 41.0. The highest BCUT2D eigenvalue weighted by atomic mass is 32.2. The van der Waals surface area contributed by atoms with Crippen LogP contribution in [0.2, 0.25) is 0 Å². The lowest BCUT2D eigenvalue weighted by Gasteiger charge is -2.16. The van der Waals surface area contributed by atoms with E-state index in [-0.39, 0.29) is 11.6 Å². The molecule has 11 heteroatoms. The minimum Gasteiger partial charge on any atom is -0.493 e. The molecule has 0 spiro atoms. The highest BCUT2D eigenvalue weighted by Gasteiger charge is 2.22. The first-order valence-electron chi connectivity index (χ1n) is 15.6. The Bertz CT molecular complexity index is 2060. The Morgan fingerprint density at radius 1 is 0.880 bits per heavy atom. The third-order valence-electron chi connectivity index (χ3n) is 7.51. The van der Waals surface area contributed by atoms with Crippen LogP contribution in [-0.2, 0) is 9.59 Å². The maximum atomic E-state index is 13.7. The molecule has 252 valence electrons. The van der Waals surface area contributed by atoms with Gasteiger partial charge in [0, 0.05) is 27.1 Å². The van der Waals surface area contributed by atoms with E-state index in [1.54, 1.807) is 72.8 Å². The minimum atomic E-state index is -0.549. The first-order valence-corrected chi connectivity index (χ1v) is 17.4. The van der Waals surface area contributed by atoms with Crippen LogP contribution >= 0.6 is 23.1 Å². The fraction of sp³-hybridized carbons (Fsp3) is 0.128. The Morgan fingerprint density at radius 3 is 2.28 bits per heavy atom. The first kappa shape index (κ1) is 35.5. The first-order chi connectivity index (χ1) is 24.3. The second kappa shape index (κ2) is 17.0. The Hall–Kier alpha value is -5.83. The lowest BCUT2D eigenvalue weighted by Crippen LogP contribution is -2.30. The molecule has 1 unspecified atom stereocenters. The van der Waals surface area contributed by atoms with Gasteiger partial charge >= 0.3 is 0 Å². The van der Waals surface area contributed by atoms with Gasteiger partial charge in [-0.05, 0) is 66.1 Å². The highest BCUT2D eigenvalue weighted by molar-refractivity contribution is 8.00. The number of carbonyl (C=O) groups excluding carboxylic acids is 3. The number of nitrogens with one attached hydrogen (secondary N) is 3. The van der Waals surface area contributed by atoms with Crippen molar-refractivity contribution in [2.24, 2.45) is 0 Å². The molecule has 50 heavy (non-hydrogen) atoms. The Labute approximate surface area is 299 Å². The van der Waals surface area contributed by atoms with Crippen LogP contribution in [0, 0.1) is 11.3 Å². The number of nitrogens with zero attached hydrogens (tertiary/aromatic N) is 1. The fourth-order valence-electron chi connectivity index (χ4n) is 4.97. The normalized spacial score (nSPS) is 11.5. The van der Waals surface area contributed by atoms with Gasteiger partial charge in [0.2, 0.25) is 5.91 Å². The van der Waals surface area contributed by atoms with Crippen LogP contribution in [0.1, 0.15) is 34.8 Å². The topological polar surface area (TPSA) is 130 Å². The summed E-state index contributed by atoms with van der Waals surface area (Å²) in [5, 5.41) is 20.4. The number of thiophene rings is 1. The molecule has 0 bridgehead atoms. The third-order valence-corrected chi connectivity index (χ3v) is 9.76. The Kier molecular flexibility index (Phi) is 12.1. The van der Waals surface area contributed by atoms with Crippen LogP contribution in [0.15, 0.2) is 119 Å². The van der Waals surface area contributed by atoms with Crippen molar-refractivity contribution in [2.75, 3.05) is 24.9 Å². The highest BCUT2D eigenvalue weighted by Crippen LogP contribution is 2.36. The number of benzene rings is 4. The van der Waals surface area contributed by atoms with Gasteiger partial charge in [0.05, 0.1) is 25.0 Å². The smallest absolute Gasteiger partial charge is 0.272 e. The largest absolute Gasteiger partial charge is 0.493 e. The monoisotopic (exact) mass is 702 g/mol. The van der Waals surface area contributed by atoms with E-state index in [9.17, 15) is 19.6 Å². The quantitative estimate of drug-likeness (QED) is 0.0833. The van der Waals surface area contributed by atoms with Gasteiger partial charge < -0.3 is 25.4 Å². The number of nitriles is 1. The number of amides is 3. The Morgan fingerprint density at radius 2 is 1.60 bits per heavy atom. The van der Waals surface area contributed by atoms with E-state index >= 15 is 0 Å². The van der Waals surface area contributed by atoms with Crippen LogP contribution in [0.4, 0.5) is 10.7 Å². The Balaban J connectivity index is 1.33. The lowest BCUT2D eigenvalue weighted by atomic mass is 10.1. The summed E-state index contributed by atoms with van der Waals surface area (Å²) >= 11 is 2.67. The van der Waals surface area contributed by atoms with E-state index in [2.05, 4.69) is 22.0 Å². The zero-order valence-corrected chi connectivity index (χ0v) is 29.2. The van der Waals surface area contributed by atoms with Gasteiger partial charge in [0.15, 0.2) is 11.5 Å². The fourth-order valence-corrected chi connectivity index (χ4v) is 6.90. The summed E-state index contributed by atoms with van der Waals surface area (Å²) in [6.07, 6.45) is 2.08. The van der Waals surface area contributed by atoms with Crippen molar-refractivity contribution in [3.8, 4) is 28.7 Å². The van der Waals surface area contributed by atoms with Gasteiger partial charge in [-0.3, -0.25) is 14.4 Å². The molecule has 0 fully saturated rings. The van der Waals surface area contributed by atoms with E-state index in [4.69, 9.17) is 9.47 Å². The van der Waals surface area contributed by atoms with Crippen LogP contribution in [0.5, 0.6) is 11.5 Å². The van der Waals surface area contributed by atoms with Gasteiger partial charge in [-0.15, -0.1) is 23.1 Å². The molecule has 1 heterocycles. The van der Waals surface area contributed by atoms with Crippen molar-refractivity contribution in [3.63, 3.8) is 0 Å². The molecule has 0 radical (unpaired) electrons. The number of thioether (sulfide) groups is 1. The molecule has 4 aromatic carbocycles. The summed E-state index contributed by atoms with van der Waals surface area (Å²) in [6.45, 7) is 1.92.